The van der Waals surface area contributed by atoms with E-state index in [0.29, 0.717) is 13.0 Å². The number of aliphatic carboxylic acids is 1. The van der Waals surface area contributed by atoms with Gasteiger partial charge in [0, 0.05) is 31.6 Å². The van der Waals surface area contributed by atoms with Crippen LogP contribution in [0.15, 0.2) is 24.3 Å². The lowest BCUT2D eigenvalue weighted by atomic mass is 10.0. The molecule has 0 aliphatic carbocycles. The van der Waals surface area contributed by atoms with E-state index in [1.54, 1.807) is 4.90 Å². The lowest BCUT2D eigenvalue weighted by molar-refractivity contribution is -0.141. The van der Waals surface area contributed by atoms with Crippen molar-refractivity contribution >= 4 is 23.5 Å². The Morgan fingerprint density at radius 3 is 2.77 bits per heavy atom. The quantitative estimate of drug-likeness (QED) is 0.826. The highest BCUT2D eigenvalue weighted by Gasteiger charge is 2.24. The molecular weight excluding hydrogens is 284 g/mol. The summed E-state index contributed by atoms with van der Waals surface area (Å²) in [5, 5.41) is 11.4. The van der Waals surface area contributed by atoms with E-state index in [-0.39, 0.29) is 24.8 Å². The number of benzene rings is 1. The molecule has 1 aliphatic heterocycles. The molecule has 0 unspecified atom stereocenters. The molecule has 0 aromatic heterocycles. The van der Waals surface area contributed by atoms with Crippen LogP contribution in [0.2, 0.25) is 0 Å². The van der Waals surface area contributed by atoms with Crippen molar-refractivity contribution < 1.29 is 19.5 Å². The molecule has 6 heteroatoms. The Hall–Kier alpha value is -2.37. The summed E-state index contributed by atoms with van der Waals surface area (Å²) in [7, 11) is 0. The molecule has 2 rings (SSSR count). The van der Waals surface area contributed by atoms with Gasteiger partial charge in [-0.25, -0.2) is 0 Å². The average Bonchev–Trinajstić information content (AvgIpc) is 2.51. The third kappa shape index (κ3) is 3.84. The molecule has 0 saturated carbocycles. The predicted octanol–water partition coefficient (Wildman–Crippen LogP) is 1.19. The summed E-state index contributed by atoms with van der Waals surface area (Å²) in [5.74, 6) is -1.80. The smallest absolute Gasteiger partial charge is 0.308 e. The average molecular weight is 304 g/mol. The minimum Gasteiger partial charge on any atom is -0.481 e. The molecule has 1 aromatic rings. The van der Waals surface area contributed by atoms with Crippen LogP contribution in [0.1, 0.15) is 25.3 Å². The fraction of sp³-hybridized carbons (Fsp3) is 0.438. The van der Waals surface area contributed by atoms with Crippen molar-refractivity contribution in [2.45, 2.75) is 26.2 Å². The van der Waals surface area contributed by atoms with Gasteiger partial charge in [0.05, 0.1) is 5.92 Å². The minimum atomic E-state index is -0.944. The largest absolute Gasteiger partial charge is 0.481 e. The molecule has 0 saturated heterocycles. The summed E-state index contributed by atoms with van der Waals surface area (Å²) in [6, 6.07) is 7.69. The molecular formula is C16H20N2O4. The number of anilines is 1. The number of carbonyl (C=O) groups excluding carboxylic acids is 2. The Labute approximate surface area is 129 Å². The van der Waals surface area contributed by atoms with E-state index in [9.17, 15) is 14.4 Å². The number of amides is 2. The Morgan fingerprint density at radius 2 is 2.05 bits per heavy atom. The van der Waals surface area contributed by atoms with Gasteiger partial charge in [-0.1, -0.05) is 25.1 Å². The van der Waals surface area contributed by atoms with Crippen LogP contribution in [-0.4, -0.2) is 36.0 Å². The SMILES string of the molecule is C[C@H](CNC(=O)CCN1C(=O)CCc2ccccc21)C(=O)O. The number of nitrogens with zero attached hydrogens (tertiary/aromatic N) is 1. The molecule has 0 fully saturated rings. The first-order valence-corrected chi connectivity index (χ1v) is 7.37. The first kappa shape index (κ1) is 16.0. The zero-order valence-electron chi connectivity index (χ0n) is 12.5. The monoisotopic (exact) mass is 304 g/mol. The zero-order chi connectivity index (χ0) is 16.1. The molecule has 1 heterocycles. The van der Waals surface area contributed by atoms with E-state index >= 15 is 0 Å². The number of rotatable bonds is 6. The summed E-state index contributed by atoms with van der Waals surface area (Å²) >= 11 is 0. The number of hydrogen-bond acceptors (Lipinski definition) is 3. The number of nitrogens with one attached hydrogen (secondary N) is 1. The van der Waals surface area contributed by atoms with Crippen LogP contribution in [0.25, 0.3) is 0 Å². The van der Waals surface area contributed by atoms with E-state index in [1.807, 2.05) is 24.3 Å². The maximum absolute atomic E-state index is 12.0. The van der Waals surface area contributed by atoms with Crippen molar-refractivity contribution in [2.75, 3.05) is 18.0 Å². The van der Waals surface area contributed by atoms with Gasteiger partial charge in [0.2, 0.25) is 11.8 Å². The molecule has 0 spiro atoms. The molecule has 1 atom stereocenters. The van der Waals surface area contributed by atoms with Gasteiger partial charge in [-0.05, 0) is 18.1 Å². The van der Waals surface area contributed by atoms with Crippen LogP contribution in [0.3, 0.4) is 0 Å². The fourth-order valence-electron chi connectivity index (χ4n) is 2.40. The standard InChI is InChI=1S/C16H20N2O4/c1-11(16(21)22)10-17-14(19)8-9-18-13-5-3-2-4-12(13)6-7-15(18)20/h2-5,11H,6-10H2,1H3,(H,17,19)(H,21,22)/t11-/m1/s1. The first-order chi connectivity index (χ1) is 10.5. The first-order valence-electron chi connectivity index (χ1n) is 7.37. The van der Waals surface area contributed by atoms with Gasteiger partial charge < -0.3 is 15.3 Å². The van der Waals surface area contributed by atoms with Crippen molar-refractivity contribution in [1.82, 2.24) is 5.32 Å². The van der Waals surface area contributed by atoms with Crippen molar-refractivity contribution in [2.24, 2.45) is 5.92 Å². The van der Waals surface area contributed by atoms with E-state index in [4.69, 9.17) is 5.11 Å². The third-order valence-corrected chi connectivity index (χ3v) is 3.78. The highest BCUT2D eigenvalue weighted by molar-refractivity contribution is 5.97. The maximum Gasteiger partial charge on any atom is 0.308 e. The van der Waals surface area contributed by atoms with Gasteiger partial charge >= 0.3 is 5.97 Å². The molecule has 1 aromatic carbocycles. The van der Waals surface area contributed by atoms with Crippen molar-refractivity contribution in [3.8, 4) is 0 Å². The topological polar surface area (TPSA) is 86.7 Å². The van der Waals surface area contributed by atoms with Crippen molar-refractivity contribution in [3.05, 3.63) is 29.8 Å². The van der Waals surface area contributed by atoms with Crippen molar-refractivity contribution in [1.29, 1.82) is 0 Å². The number of aryl methyl sites for hydroxylation is 1. The Kier molecular flexibility index (Phi) is 5.14. The normalized spacial score (nSPS) is 15.1. The second-order valence-corrected chi connectivity index (χ2v) is 5.47. The van der Waals surface area contributed by atoms with Gasteiger partial charge in [-0.2, -0.15) is 0 Å². The molecule has 0 bridgehead atoms. The zero-order valence-corrected chi connectivity index (χ0v) is 12.5. The summed E-state index contributed by atoms with van der Waals surface area (Å²) < 4.78 is 0. The van der Waals surface area contributed by atoms with E-state index in [0.717, 1.165) is 17.7 Å². The minimum absolute atomic E-state index is 0.0189. The van der Waals surface area contributed by atoms with Crippen LogP contribution < -0.4 is 10.2 Å². The van der Waals surface area contributed by atoms with Crippen LogP contribution in [-0.2, 0) is 20.8 Å². The number of hydrogen-bond donors (Lipinski definition) is 2. The summed E-state index contributed by atoms with van der Waals surface area (Å²) in [6.45, 7) is 1.94. The second kappa shape index (κ2) is 7.06. The summed E-state index contributed by atoms with van der Waals surface area (Å²) in [4.78, 5) is 36.2. The lowest BCUT2D eigenvalue weighted by Gasteiger charge is -2.29. The predicted molar refractivity (Wildman–Crippen MR) is 81.5 cm³/mol. The highest BCUT2D eigenvalue weighted by atomic mass is 16.4. The Morgan fingerprint density at radius 1 is 1.32 bits per heavy atom. The van der Waals surface area contributed by atoms with E-state index in [1.165, 1.54) is 6.92 Å². The second-order valence-electron chi connectivity index (χ2n) is 5.47. The molecule has 2 N–H and O–H groups in total. The number of para-hydroxylation sites is 1. The molecule has 118 valence electrons. The van der Waals surface area contributed by atoms with Gasteiger partial charge in [0.1, 0.15) is 0 Å². The number of carboxylic acids is 1. The molecule has 6 nitrogen and oxygen atoms in total. The molecule has 1 aliphatic rings. The van der Waals surface area contributed by atoms with E-state index in [2.05, 4.69) is 5.32 Å². The fourth-order valence-corrected chi connectivity index (χ4v) is 2.40. The summed E-state index contributed by atoms with van der Waals surface area (Å²) in [6.07, 6.45) is 1.34. The van der Waals surface area contributed by atoms with Gasteiger partial charge in [0.25, 0.3) is 0 Å². The third-order valence-electron chi connectivity index (χ3n) is 3.78. The van der Waals surface area contributed by atoms with Crippen molar-refractivity contribution in [3.63, 3.8) is 0 Å². The molecule has 22 heavy (non-hydrogen) atoms. The molecule has 0 radical (unpaired) electrons. The van der Waals surface area contributed by atoms with E-state index < -0.39 is 11.9 Å². The van der Waals surface area contributed by atoms with Gasteiger partial charge in [-0.3, -0.25) is 14.4 Å². The van der Waals surface area contributed by atoms with Gasteiger partial charge in [0.15, 0.2) is 0 Å². The summed E-state index contributed by atoms with van der Waals surface area (Å²) in [5.41, 5.74) is 1.98. The number of carboxylic acid groups (broad SMARTS) is 1. The Balaban J connectivity index is 1.90. The van der Waals surface area contributed by atoms with Crippen LogP contribution in [0.5, 0.6) is 0 Å². The highest BCUT2D eigenvalue weighted by Crippen LogP contribution is 2.27. The van der Waals surface area contributed by atoms with Gasteiger partial charge in [-0.15, -0.1) is 0 Å². The Bertz CT molecular complexity index is 585. The number of carbonyl (C=O) groups is 3. The maximum atomic E-state index is 12.0. The van der Waals surface area contributed by atoms with Crippen LogP contribution >= 0.6 is 0 Å². The van der Waals surface area contributed by atoms with Crippen LogP contribution in [0, 0.1) is 5.92 Å². The number of fused-ring (bicyclic) bond motifs is 1. The lowest BCUT2D eigenvalue weighted by Crippen LogP contribution is -2.39. The molecule has 2 amide bonds. The van der Waals surface area contributed by atoms with Crippen LogP contribution in [0.4, 0.5) is 5.69 Å².